The number of benzene rings is 2. The van der Waals surface area contributed by atoms with E-state index < -0.39 is 5.82 Å². The van der Waals surface area contributed by atoms with Crippen LogP contribution in [0.25, 0.3) is 0 Å². The van der Waals surface area contributed by atoms with E-state index in [-0.39, 0.29) is 11.8 Å². The maximum Gasteiger partial charge on any atom is 0.167 e. The standard InChI is InChI=1S/C17H21FN2O/c1-12(8-9-13-6-4-3-5-7-13)20-16-11-17(21-2)14(18)10-15(16)19/h3-7,10-12,20H,8-9,19H2,1-2H3. The van der Waals surface area contributed by atoms with Gasteiger partial charge in [0, 0.05) is 18.2 Å². The van der Waals surface area contributed by atoms with Gasteiger partial charge in [0.25, 0.3) is 0 Å². The van der Waals surface area contributed by atoms with Gasteiger partial charge in [-0.05, 0) is 25.3 Å². The van der Waals surface area contributed by atoms with Gasteiger partial charge in [-0.1, -0.05) is 30.3 Å². The van der Waals surface area contributed by atoms with Gasteiger partial charge in [0.05, 0.1) is 18.5 Å². The summed E-state index contributed by atoms with van der Waals surface area (Å²) in [6, 6.07) is 13.4. The number of rotatable bonds is 6. The fourth-order valence-corrected chi connectivity index (χ4v) is 2.22. The van der Waals surface area contributed by atoms with Gasteiger partial charge in [-0.2, -0.15) is 0 Å². The van der Waals surface area contributed by atoms with Crippen LogP contribution in [0.3, 0.4) is 0 Å². The van der Waals surface area contributed by atoms with E-state index in [0.717, 1.165) is 12.8 Å². The van der Waals surface area contributed by atoms with Gasteiger partial charge in [0.15, 0.2) is 11.6 Å². The maximum absolute atomic E-state index is 13.5. The monoisotopic (exact) mass is 288 g/mol. The van der Waals surface area contributed by atoms with Crippen molar-refractivity contribution in [2.24, 2.45) is 0 Å². The number of methoxy groups -OCH3 is 1. The van der Waals surface area contributed by atoms with Gasteiger partial charge in [0.1, 0.15) is 0 Å². The van der Waals surface area contributed by atoms with Crippen molar-refractivity contribution in [3.63, 3.8) is 0 Å². The third-order valence-corrected chi connectivity index (χ3v) is 3.43. The molecule has 0 heterocycles. The molecule has 0 bridgehead atoms. The lowest BCUT2D eigenvalue weighted by molar-refractivity contribution is 0.387. The fourth-order valence-electron chi connectivity index (χ4n) is 2.22. The maximum atomic E-state index is 13.5. The minimum Gasteiger partial charge on any atom is -0.494 e. The van der Waals surface area contributed by atoms with E-state index in [9.17, 15) is 4.39 Å². The average Bonchev–Trinajstić information content (AvgIpc) is 2.49. The summed E-state index contributed by atoms with van der Waals surface area (Å²) in [5, 5.41) is 3.31. The molecule has 2 aromatic rings. The normalized spacial score (nSPS) is 12.0. The number of anilines is 2. The summed E-state index contributed by atoms with van der Waals surface area (Å²) in [7, 11) is 1.44. The quantitative estimate of drug-likeness (QED) is 0.794. The SMILES string of the molecule is COc1cc(NC(C)CCc2ccccc2)c(N)cc1F. The first kappa shape index (κ1) is 15.2. The van der Waals surface area contributed by atoms with E-state index in [1.54, 1.807) is 6.07 Å². The van der Waals surface area contributed by atoms with Crippen LogP contribution in [-0.2, 0) is 6.42 Å². The highest BCUT2D eigenvalue weighted by atomic mass is 19.1. The molecule has 1 atom stereocenters. The largest absolute Gasteiger partial charge is 0.494 e. The van der Waals surface area contributed by atoms with E-state index >= 15 is 0 Å². The van der Waals surface area contributed by atoms with Crippen LogP contribution in [0.15, 0.2) is 42.5 Å². The first-order chi connectivity index (χ1) is 10.1. The molecular formula is C17H21FN2O. The molecule has 0 fully saturated rings. The van der Waals surface area contributed by atoms with Crippen molar-refractivity contribution in [2.75, 3.05) is 18.2 Å². The zero-order valence-corrected chi connectivity index (χ0v) is 12.4. The lowest BCUT2D eigenvalue weighted by Gasteiger charge is -2.18. The molecular weight excluding hydrogens is 267 g/mol. The summed E-state index contributed by atoms with van der Waals surface area (Å²) in [6.07, 6.45) is 1.94. The molecule has 0 aliphatic carbocycles. The number of hydrogen-bond donors (Lipinski definition) is 2. The van der Waals surface area contributed by atoms with Crippen LogP contribution in [0.5, 0.6) is 5.75 Å². The Morgan fingerprint density at radius 3 is 2.62 bits per heavy atom. The molecule has 3 nitrogen and oxygen atoms in total. The average molecular weight is 288 g/mol. The first-order valence-corrected chi connectivity index (χ1v) is 7.03. The van der Waals surface area contributed by atoms with E-state index in [2.05, 4.69) is 24.4 Å². The molecule has 4 heteroatoms. The molecule has 0 aromatic heterocycles. The summed E-state index contributed by atoms with van der Waals surface area (Å²) < 4.78 is 18.5. The summed E-state index contributed by atoms with van der Waals surface area (Å²) in [4.78, 5) is 0. The number of ether oxygens (including phenoxy) is 1. The lowest BCUT2D eigenvalue weighted by atomic mass is 10.1. The van der Waals surface area contributed by atoms with Gasteiger partial charge in [-0.25, -0.2) is 4.39 Å². The predicted molar refractivity (Wildman–Crippen MR) is 85.2 cm³/mol. The minimum atomic E-state index is -0.447. The fraction of sp³-hybridized carbons (Fsp3) is 0.294. The highest BCUT2D eigenvalue weighted by molar-refractivity contribution is 5.68. The third-order valence-electron chi connectivity index (χ3n) is 3.43. The number of halogens is 1. The molecule has 0 saturated heterocycles. The molecule has 0 aliphatic rings. The number of nitrogens with two attached hydrogens (primary N) is 1. The van der Waals surface area contributed by atoms with Crippen molar-refractivity contribution >= 4 is 11.4 Å². The number of nitrogens with one attached hydrogen (secondary N) is 1. The van der Waals surface area contributed by atoms with E-state index in [4.69, 9.17) is 10.5 Å². The van der Waals surface area contributed by atoms with Crippen molar-refractivity contribution in [3.8, 4) is 5.75 Å². The van der Waals surface area contributed by atoms with Gasteiger partial charge in [0.2, 0.25) is 0 Å². The molecule has 3 N–H and O–H groups in total. The Morgan fingerprint density at radius 2 is 1.95 bits per heavy atom. The van der Waals surface area contributed by atoms with Crippen molar-refractivity contribution in [1.82, 2.24) is 0 Å². The van der Waals surface area contributed by atoms with Crippen molar-refractivity contribution in [3.05, 3.63) is 53.8 Å². The Labute approximate surface area is 124 Å². The third kappa shape index (κ3) is 4.12. The topological polar surface area (TPSA) is 47.3 Å². The Kier molecular flexibility index (Phi) is 5.04. The second-order valence-electron chi connectivity index (χ2n) is 5.14. The number of aryl methyl sites for hydroxylation is 1. The molecule has 0 saturated carbocycles. The van der Waals surface area contributed by atoms with Crippen LogP contribution in [0, 0.1) is 5.82 Å². The van der Waals surface area contributed by atoms with Gasteiger partial charge < -0.3 is 15.8 Å². The zero-order valence-electron chi connectivity index (χ0n) is 12.4. The summed E-state index contributed by atoms with van der Waals surface area (Å²) in [5.41, 5.74) is 8.24. The second-order valence-corrected chi connectivity index (χ2v) is 5.14. The highest BCUT2D eigenvalue weighted by Crippen LogP contribution is 2.28. The van der Waals surface area contributed by atoms with Gasteiger partial charge in [-0.15, -0.1) is 0 Å². The van der Waals surface area contributed by atoms with Gasteiger partial charge >= 0.3 is 0 Å². The van der Waals surface area contributed by atoms with Crippen molar-refractivity contribution in [1.29, 1.82) is 0 Å². The van der Waals surface area contributed by atoms with Crippen LogP contribution >= 0.6 is 0 Å². The highest BCUT2D eigenvalue weighted by Gasteiger charge is 2.10. The summed E-state index contributed by atoms with van der Waals surface area (Å²) in [5.74, 6) is -0.251. The molecule has 0 amide bonds. The van der Waals surface area contributed by atoms with Crippen molar-refractivity contribution in [2.45, 2.75) is 25.8 Å². The Bertz CT molecular complexity index is 587. The summed E-state index contributed by atoms with van der Waals surface area (Å²) >= 11 is 0. The molecule has 2 aromatic carbocycles. The Hall–Kier alpha value is -2.23. The van der Waals surface area contributed by atoms with Crippen LogP contribution < -0.4 is 15.8 Å². The lowest BCUT2D eigenvalue weighted by Crippen LogP contribution is -2.17. The Morgan fingerprint density at radius 1 is 1.24 bits per heavy atom. The van der Waals surface area contributed by atoms with Crippen LogP contribution in [0.2, 0.25) is 0 Å². The minimum absolute atomic E-state index is 0.196. The second kappa shape index (κ2) is 6.97. The molecule has 2 rings (SSSR count). The van der Waals surface area contributed by atoms with E-state index in [0.29, 0.717) is 11.4 Å². The van der Waals surface area contributed by atoms with Crippen LogP contribution in [0.4, 0.5) is 15.8 Å². The summed E-state index contributed by atoms with van der Waals surface area (Å²) in [6.45, 7) is 2.08. The number of nitrogen functional groups attached to an aromatic ring is 1. The number of hydrogen-bond acceptors (Lipinski definition) is 3. The van der Waals surface area contributed by atoms with Crippen LogP contribution in [0.1, 0.15) is 18.9 Å². The Balaban J connectivity index is 1.97. The van der Waals surface area contributed by atoms with Crippen LogP contribution in [-0.4, -0.2) is 13.2 Å². The predicted octanol–water partition coefficient (Wildman–Crippen LogP) is 3.85. The smallest absolute Gasteiger partial charge is 0.167 e. The first-order valence-electron chi connectivity index (χ1n) is 7.03. The van der Waals surface area contributed by atoms with Crippen molar-refractivity contribution < 1.29 is 9.13 Å². The molecule has 112 valence electrons. The van der Waals surface area contributed by atoms with Gasteiger partial charge in [-0.3, -0.25) is 0 Å². The molecule has 0 aliphatic heterocycles. The molecule has 0 spiro atoms. The molecule has 21 heavy (non-hydrogen) atoms. The molecule has 0 radical (unpaired) electrons. The molecule has 1 unspecified atom stereocenters. The van der Waals surface area contributed by atoms with E-state index in [1.807, 2.05) is 18.2 Å². The van der Waals surface area contributed by atoms with E-state index in [1.165, 1.54) is 18.7 Å². The zero-order chi connectivity index (χ0) is 15.2.